The monoisotopic (exact) mass is 277 g/mol. The fourth-order valence-electron chi connectivity index (χ4n) is 2.65. The molecule has 4 heteroatoms. The first-order valence-electron chi connectivity index (χ1n) is 7.46. The van der Waals surface area contributed by atoms with Crippen LogP contribution in [0, 0.1) is 0 Å². The number of hydrogen-bond acceptors (Lipinski definition) is 4. The van der Waals surface area contributed by atoms with Crippen molar-refractivity contribution in [1.29, 1.82) is 0 Å². The summed E-state index contributed by atoms with van der Waals surface area (Å²) >= 11 is 0. The van der Waals surface area contributed by atoms with Crippen molar-refractivity contribution < 1.29 is 4.74 Å². The van der Waals surface area contributed by atoms with Gasteiger partial charge in [0.1, 0.15) is 0 Å². The summed E-state index contributed by atoms with van der Waals surface area (Å²) in [5, 5.41) is 0. The number of benzene rings is 1. The van der Waals surface area contributed by atoms with E-state index in [4.69, 9.17) is 10.5 Å². The lowest BCUT2D eigenvalue weighted by Gasteiger charge is -2.37. The molecule has 1 aromatic rings. The average Bonchev–Trinajstić information content (AvgIpc) is 2.47. The second-order valence-electron chi connectivity index (χ2n) is 5.84. The summed E-state index contributed by atoms with van der Waals surface area (Å²) in [6, 6.07) is 9.00. The van der Waals surface area contributed by atoms with Crippen molar-refractivity contribution in [3.05, 3.63) is 29.8 Å². The molecule has 1 unspecified atom stereocenters. The number of likely N-dealkylation sites (N-methyl/N-ethyl adjacent to an activating group) is 1. The highest BCUT2D eigenvalue weighted by Gasteiger charge is 2.23. The molecule has 1 heterocycles. The maximum atomic E-state index is 5.90. The van der Waals surface area contributed by atoms with E-state index >= 15 is 0 Å². The van der Waals surface area contributed by atoms with Crippen LogP contribution in [-0.4, -0.2) is 50.3 Å². The van der Waals surface area contributed by atoms with E-state index < -0.39 is 0 Å². The molecule has 1 saturated heterocycles. The second kappa shape index (κ2) is 7.07. The molecule has 4 nitrogen and oxygen atoms in total. The minimum atomic E-state index is 0.276. The van der Waals surface area contributed by atoms with Crippen LogP contribution in [0.1, 0.15) is 19.4 Å². The molecule has 0 aliphatic carbocycles. The van der Waals surface area contributed by atoms with E-state index in [1.165, 1.54) is 11.3 Å². The van der Waals surface area contributed by atoms with E-state index in [0.717, 1.165) is 26.2 Å². The fourth-order valence-corrected chi connectivity index (χ4v) is 2.65. The van der Waals surface area contributed by atoms with Gasteiger partial charge in [0.15, 0.2) is 0 Å². The van der Waals surface area contributed by atoms with Gasteiger partial charge in [-0.15, -0.1) is 0 Å². The van der Waals surface area contributed by atoms with Gasteiger partial charge in [0, 0.05) is 45.0 Å². The molecule has 1 aromatic carbocycles. The van der Waals surface area contributed by atoms with Crippen molar-refractivity contribution >= 4 is 5.69 Å². The Hall–Kier alpha value is -1.10. The van der Waals surface area contributed by atoms with Gasteiger partial charge in [-0.1, -0.05) is 12.1 Å². The Morgan fingerprint density at radius 1 is 1.45 bits per heavy atom. The number of hydrogen-bond donors (Lipinski definition) is 1. The number of nitrogens with two attached hydrogens (primary N) is 1. The number of ether oxygens (including phenoxy) is 1. The predicted octanol–water partition coefficient (Wildman–Crippen LogP) is 1.69. The van der Waals surface area contributed by atoms with Gasteiger partial charge in [-0.25, -0.2) is 0 Å². The lowest BCUT2D eigenvalue weighted by atomic mass is 10.1. The normalized spacial score (nSPS) is 20.4. The summed E-state index contributed by atoms with van der Waals surface area (Å²) in [7, 11) is 2.12. The summed E-state index contributed by atoms with van der Waals surface area (Å²) in [5.74, 6) is 0. The summed E-state index contributed by atoms with van der Waals surface area (Å²) in [4.78, 5) is 4.74. The molecule has 0 bridgehead atoms. The third kappa shape index (κ3) is 3.95. The van der Waals surface area contributed by atoms with Crippen LogP contribution in [-0.2, 0) is 11.3 Å². The Balaban J connectivity index is 1.94. The second-order valence-corrected chi connectivity index (χ2v) is 5.84. The molecule has 1 aliphatic heterocycles. The van der Waals surface area contributed by atoms with Gasteiger partial charge in [-0.05, 0) is 31.5 Å². The number of nitrogens with zero attached hydrogens (tertiary/aromatic N) is 2. The Morgan fingerprint density at radius 2 is 2.25 bits per heavy atom. The quantitative estimate of drug-likeness (QED) is 0.889. The van der Waals surface area contributed by atoms with Crippen molar-refractivity contribution in [2.24, 2.45) is 5.73 Å². The zero-order chi connectivity index (χ0) is 14.5. The number of morpholine rings is 1. The lowest BCUT2D eigenvalue weighted by Crippen LogP contribution is -2.49. The maximum absolute atomic E-state index is 5.90. The Kier molecular flexibility index (Phi) is 5.40. The van der Waals surface area contributed by atoms with E-state index in [1.807, 2.05) is 0 Å². The smallest absolute Gasteiger partial charge is 0.0877 e. The zero-order valence-corrected chi connectivity index (χ0v) is 12.9. The standard InChI is InChI=1S/C16H27N3O/c1-13(2)19-7-8-20-16(12-19)11-18(3)15-6-4-5-14(9-15)10-17/h4-6,9,13,16H,7-8,10-12,17H2,1-3H3. The van der Waals surface area contributed by atoms with Crippen molar-refractivity contribution in [2.75, 3.05) is 38.2 Å². The van der Waals surface area contributed by atoms with E-state index in [1.54, 1.807) is 0 Å². The van der Waals surface area contributed by atoms with Crippen LogP contribution in [0.15, 0.2) is 24.3 Å². The minimum absolute atomic E-state index is 0.276. The Labute approximate surface area is 122 Å². The molecular formula is C16H27N3O. The van der Waals surface area contributed by atoms with Crippen LogP contribution >= 0.6 is 0 Å². The van der Waals surface area contributed by atoms with Gasteiger partial charge in [-0.2, -0.15) is 0 Å². The first kappa shape index (κ1) is 15.3. The van der Waals surface area contributed by atoms with Crippen molar-refractivity contribution in [1.82, 2.24) is 4.90 Å². The largest absolute Gasteiger partial charge is 0.374 e. The van der Waals surface area contributed by atoms with Gasteiger partial charge < -0.3 is 15.4 Å². The van der Waals surface area contributed by atoms with Crippen LogP contribution in [0.5, 0.6) is 0 Å². The first-order valence-corrected chi connectivity index (χ1v) is 7.46. The molecule has 2 rings (SSSR count). The van der Waals surface area contributed by atoms with E-state index in [2.05, 4.69) is 55.0 Å². The highest BCUT2D eigenvalue weighted by molar-refractivity contribution is 5.48. The third-order valence-corrected chi connectivity index (χ3v) is 3.97. The van der Waals surface area contributed by atoms with Gasteiger partial charge in [0.2, 0.25) is 0 Å². The topological polar surface area (TPSA) is 41.7 Å². The van der Waals surface area contributed by atoms with Crippen LogP contribution < -0.4 is 10.6 Å². The third-order valence-electron chi connectivity index (χ3n) is 3.97. The van der Waals surface area contributed by atoms with Crippen molar-refractivity contribution in [3.8, 4) is 0 Å². The van der Waals surface area contributed by atoms with Gasteiger partial charge in [0.05, 0.1) is 12.7 Å². The molecular weight excluding hydrogens is 250 g/mol. The van der Waals surface area contributed by atoms with Crippen molar-refractivity contribution in [2.45, 2.75) is 32.5 Å². The molecule has 0 saturated carbocycles. The van der Waals surface area contributed by atoms with Gasteiger partial charge in [0.25, 0.3) is 0 Å². The number of rotatable bonds is 5. The van der Waals surface area contributed by atoms with Crippen LogP contribution in [0.3, 0.4) is 0 Å². The van der Waals surface area contributed by atoms with E-state index in [9.17, 15) is 0 Å². The summed E-state index contributed by atoms with van der Waals surface area (Å²) in [6.45, 7) is 8.88. The molecule has 1 aliphatic rings. The Morgan fingerprint density at radius 3 is 2.95 bits per heavy atom. The lowest BCUT2D eigenvalue weighted by molar-refractivity contribution is -0.0338. The van der Waals surface area contributed by atoms with E-state index in [-0.39, 0.29) is 6.10 Å². The van der Waals surface area contributed by atoms with Gasteiger partial charge in [-0.3, -0.25) is 4.90 Å². The van der Waals surface area contributed by atoms with Crippen LogP contribution in [0.25, 0.3) is 0 Å². The highest BCUT2D eigenvalue weighted by Crippen LogP contribution is 2.17. The molecule has 112 valence electrons. The Bertz CT molecular complexity index is 422. The SMILES string of the molecule is CC(C)N1CCOC(CN(C)c2cccc(CN)c2)C1. The number of anilines is 1. The molecule has 1 atom stereocenters. The summed E-state index contributed by atoms with van der Waals surface area (Å²) < 4.78 is 5.90. The fraction of sp³-hybridized carbons (Fsp3) is 0.625. The van der Waals surface area contributed by atoms with Crippen LogP contribution in [0.2, 0.25) is 0 Å². The molecule has 1 fully saturated rings. The molecule has 0 radical (unpaired) electrons. The minimum Gasteiger partial charge on any atom is -0.374 e. The highest BCUT2D eigenvalue weighted by atomic mass is 16.5. The predicted molar refractivity (Wildman–Crippen MR) is 84.1 cm³/mol. The maximum Gasteiger partial charge on any atom is 0.0877 e. The van der Waals surface area contributed by atoms with Crippen LogP contribution in [0.4, 0.5) is 5.69 Å². The first-order chi connectivity index (χ1) is 9.60. The molecule has 0 amide bonds. The molecule has 0 spiro atoms. The van der Waals surface area contributed by atoms with E-state index in [0.29, 0.717) is 12.6 Å². The molecule has 20 heavy (non-hydrogen) atoms. The van der Waals surface area contributed by atoms with Gasteiger partial charge >= 0.3 is 0 Å². The summed E-state index contributed by atoms with van der Waals surface area (Å²) in [5.41, 5.74) is 8.08. The van der Waals surface area contributed by atoms with Crippen molar-refractivity contribution in [3.63, 3.8) is 0 Å². The summed E-state index contributed by atoms with van der Waals surface area (Å²) in [6.07, 6.45) is 0.276. The molecule has 2 N–H and O–H groups in total. The molecule has 0 aromatic heterocycles. The average molecular weight is 277 g/mol. The zero-order valence-electron chi connectivity index (χ0n) is 12.9.